The summed E-state index contributed by atoms with van der Waals surface area (Å²) in [4.78, 5) is 4.09. The highest BCUT2D eigenvalue weighted by Gasteiger charge is 2.41. The molecule has 2 aliphatic rings. The first-order valence-electron chi connectivity index (χ1n) is 4.71. The molecular weight excluding hydrogens is 164 g/mol. The minimum atomic E-state index is 0.106. The third kappa shape index (κ3) is 1.04. The van der Waals surface area contributed by atoms with Gasteiger partial charge < -0.3 is 10.1 Å². The Kier molecular flexibility index (Phi) is 1.38. The normalized spacial score (nSPS) is 23.1. The van der Waals surface area contributed by atoms with Crippen molar-refractivity contribution in [2.75, 3.05) is 13.1 Å². The van der Waals surface area contributed by atoms with Gasteiger partial charge in [-0.15, -0.1) is 0 Å². The van der Waals surface area contributed by atoms with E-state index in [1.165, 1.54) is 5.56 Å². The van der Waals surface area contributed by atoms with Crippen LogP contribution in [0.25, 0.3) is 0 Å². The molecule has 3 heteroatoms. The van der Waals surface area contributed by atoms with Crippen LogP contribution in [0.3, 0.4) is 0 Å². The molecule has 0 bridgehead atoms. The maximum atomic E-state index is 5.95. The summed E-state index contributed by atoms with van der Waals surface area (Å²) in [5.74, 6) is 1.03. The van der Waals surface area contributed by atoms with Crippen molar-refractivity contribution in [1.29, 1.82) is 0 Å². The fraction of sp³-hybridized carbons (Fsp3) is 0.500. The van der Waals surface area contributed by atoms with Crippen LogP contribution in [0.5, 0.6) is 5.75 Å². The summed E-state index contributed by atoms with van der Waals surface area (Å²) in [6, 6.07) is 1.97. The Hall–Kier alpha value is -1.09. The summed E-state index contributed by atoms with van der Waals surface area (Å²) in [6.45, 7) is 1.99. The molecule has 2 aliphatic heterocycles. The first-order valence-corrected chi connectivity index (χ1v) is 4.71. The van der Waals surface area contributed by atoms with Crippen LogP contribution in [-0.4, -0.2) is 23.7 Å². The van der Waals surface area contributed by atoms with Gasteiger partial charge in [-0.05, 0) is 18.9 Å². The van der Waals surface area contributed by atoms with Crippen molar-refractivity contribution < 1.29 is 4.74 Å². The predicted molar refractivity (Wildman–Crippen MR) is 48.8 cm³/mol. The Morgan fingerprint density at radius 2 is 2.38 bits per heavy atom. The molecule has 0 saturated carbocycles. The third-order valence-electron chi connectivity index (χ3n) is 2.93. The van der Waals surface area contributed by atoms with Crippen molar-refractivity contribution in [3.8, 4) is 5.75 Å². The van der Waals surface area contributed by atoms with E-state index in [9.17, 15) is 0 Å². The second-order valence-corrected chi connectivity index (χ2v) is 3.87. The molecule has 0 amide bonds. The first kappa shape index (κ1) is 7.33. The standard InChI is InChI=1S/C10H12N2O/c1-3-10(6-12-7-10)13-9-2-4-11-5-8(1)9/h2,4-5,12H,1,3,6-7H2. The van der Waals surface area contributed by atoms with Gasteiger partial charge in [0.2, 0.25) is 0 Å². The quantitative estimate of drug-likeness (QED) is 0.633. The van der Waals surface area contributed by atoms with Gasteiger partial charge in [0, 0.05) is 31.0 Å². The third-order valence-corrected chi connectivity index (χ3v) is 2.93. The van der Waals surface area contributed by atoms with Crippen molar-refractivity contribution in [2.24, 2.45) is 0 Å². The van der Waals surface area contributed by atoms with Crippen LogP contribution in [0.4, 0.5) is 0 Å². The number of aromatic nitrogens is 1. The molecule has 68 valence electrons. The highest BCUT2D eigenvalue weighted by Crippen LogP contribution is 2.34. The van der Waals surface area contributed by atoms with Gasteiger partial charge in [0.05, 0.1) is 0 Å². The molecule has 1 spiro atoms. The lowest BCUT2D eigenvalue weighted by Crippen LogP contribution is -2.64. The van der Waals surface area contributed by atoms with Gasteiger partial charge in [0.25, 0.3) is 0 Å². The van der Waals surface area contributed by atoms with Gasteiger partial charge in [-0.2, -0.15) is 0 Å². The molecule has 1 aromatic rings. The second kappa shape index (κ2) is 2.45. The van der Waals surface area contributed by atoms with Crippen LogP contribution in [0, 0.1) is 0 Å². The zero-order valence-electron chi connectivity index (χ0n) is 7.42. The Labute approximate surface area is 77.1 Å². The van der Waals surface area contributed by atoms with E-state index < -0.39 is 0 Å². The molecule has 0 aromatic carbocycles. The van der Waals surface area contributed by atoms with E-state index in [4.69, 9.17) is 4.74 Å². The molecule has 3 nitrogen and oxygen atoms in total. The minimum absolute atomic E-state index is 0.106. The monoisotopic (exact) mass is 176 g/mol. The molecule has 0 atom stereocenters. The van der Waals surface area contributed by atoms with Crippen LogP contribution in [0.1, 0.15) is 12.0 Å². The van der Waals surface area contributed by atoms with Crippen LogP contribution in [-0.2, 0) is 6.42 Å². The summed E-state index contributed by atoms with van der Waals surface area (Å²) in [5, 5.41) is 3.26. The Balaban J connectivity index is 1.94. The van der Waals surface area contributed by atoms with Crippen molar-refractivity contribution in [1.82, 2.24) is 10.3 Å². The molecule has 13 heavy (non-hydrogen) atoms. The smallest absolute Gasteiger partial charge is 0.134 e. The van der Waals surface area contributed by atoms with Crippen molar-refractivity contribution >= 4 is 0 Å². The van der Waals surface area contributed by atoms with Crippen LogP contribution < -0.4 is 10.1 Å². The highest BCUT2D eigenvalue weighted by molar-refractivity contribution is 5.34. The summed E-state index contributed by atoms with van der Waals surface area (Å²) < 4.78 is 5.95. The largest absolute Gasteiger partial charge is 0.484 e. The van der Waals surface area contributed by atoms with Gasteiger partial charge in [0.15, 0.2) is 0 Å². The molecule has 1 N–H and O–H groups in total. The number of hydrogen-bond donors (Lipinski definition) is 1. The van der Waals surface area contributed by atoms with E-state index in [0.717, 1.165) is 31.7 Å². The average molecular weight is 176 g/mol. The van der Waals surface area contributed by atoms with Gasteiger partial charge in [-0.1, -0.05) is 0 Å². The maximum Gasteiger partial charge on any atom is 0.134 e. The lowest BCUT2D eigenvalue weighted by molar-refractivity contribution is -0.00247. The summed E-state index contributed by atoms with van der Waals surface area (Å²) in [5.41, 5.74) is 1.36. The van der Waals surface area contributed by atoms with E-state index in [-0.39, 0.29) is 5.60 Å². The number of nitrogens with zero attached hydrogens (tertiary/aromatic N) is 1. The van der Waals surface area contributed by atoms with Gasteiger partial charge in [0.1, 0.15) is 11.4 Å². The number of fused-ring (bicyclic) bond motifs is 1. The molecule has 0 radical (unpaired) electrons. The van der Waals surface area contributed by atoms with E-state index in [1.807, 2.05) is 12.3 Å². The molecule has 1 aromatic heterocycles. The Morgan fingerprint density at radius 3 is 3.15 bits per heavy atom. The zero-order chi connectivity index (χ0) is 8.73. The number of pyridine rings is 1. The van der Waals surface area contributed by atoms with Gasteiger partial charge >= 0.3 is 0 Å². The summed E-state index contributed by atoms with van der Waals surface area (Å²) in [6.07, 6.45) is 5.93. The minimum Gasteiger partial charge on any atom is -0.484 e. The fourth-order valence-electron chi connectivity index (χ4n) is 2.00. The Morgan fingerprint density at radius 1 is 1.46 bits per heavy atom. The van der Waals surface area contributed by atoms with Crippen LogP contribution in [0.2, 0.25) is 0 Å². The highest BCUT2D eigenvalue weighted by atomic mass is 16.5. The number of rotatable bonds is 0. The lowest BCUT2D eigenvalue weighted by Gasteiger charge is -2.45. The predicted octanol–water partition coefficient (Wildman–Crippen LogP) is 0.749. The number of nitrogens with one attached hydrogen (secondary N) is 1. The lowest BCUT2D eigenvalue weighted by atomic mass is 9.87. The molecule has 3 rings (SSSR count). The summed E-state index contributed by atoms with van der Waals surface area (Å²) >= 11 is 0. The molecule has 0 aliphatic carbocycles. The Bertz CT molecular complexity index is 333. The van der Waals surface area contributed by atoms with Crippen LogP contribution >= 0.6 is 0 Å². The number of hydrogen-bond acceptors (Lipinski definition) is 3. The van der Waals surface area contributed by atoms with Crippen LogP contribution in [0.15, 0.2) is 18.5 Å². The zero-order valence-corrected chi connectivity index (χ0v) is 7.42. The van der Waals surface area contributed by atoms with Gasteiger partial charge in [-0.25, -0.2) is 0 Å². The number of ether oxygens (including phenoxy) is 1. The van der Waals surface area contributed by atoms with E-state index >= 15 is 0 Å². The topological polar surface area (TPSA) is 34.2 Å². The molecule has 0 unspecified atom stereocenters. The van der Waals surface area contributed by atoms with E-state index in [0.29, 0.717) is 0 Å². The van der Waals surface area contributed by atoms with Crippen molar-refractivity contribution in [2.45, 2.75) is 18.4 Å². The molecule has 1 saturated heterocycles. The van der Waals surface area contributed by atoms with E-state index in [1.54, 1.807) is 6.20 Å². The maximum absolute atomic E-state index is 5.95. The second-order valence-electron chi connectivity index (χ2n) is 3.87. The van der Waals surface area contributed by atoms with Gasteiger partial charge in [-0.3, -0.25) is 4.98 Å². The summed E-state index contributed by atoms with van der Waals surface area (Å²) in [7, 11) is 0. The fourth-order valence-corrected chi connectivity index (χ4v) is 2.00. The number of aryl methyl sites for hydroxylation is 1. The SMILES string of the molecule is c1cc2c(cn1)CCC1(CNC1)O2. The van der Waals surface area contributed by atoms with E-state index in [2.05, 4.69) is 10.3 Å². The van der Waals surface area contributed by atoms with Crippen molar-refractivity contribution in [3.05, 3.63) is 24.0 Å². The average Bonchev–Trinajstić information content (AvgIpc) is 2.15. The molecule has 1 fully saturated rings. The van der Waals surface area contributed by atoms with Crippen molar-refractivity contribution in [3.63, 3.8) is 0 Å². The first-order chi connectivity index (χ1) is 6.38. The molecule has 3 heterocycles. The molecular formula is C10H12N2O.